The maximum atomic E-state index is 13.4. The molecule has 2 saturated carbocycles. The minimum Gasteiger partial charge on any atom is -0.351 e. The van der Waals surface area contributed by atoms with Crippen LogP contribution < -0.4 is 5.32 Å². The number of carbonyl (C=O) groups is 3. The van der Waals surface area contributed by atoms with Gasteiger partial charge in [0.05, 0.1) is 5.39 Å². The zero-order valence-corrected chi connectivity index (χ0v) is 19.4. The van der Waals surface area contributed by atoms with Gasteiger partial charge < -0.3 is 10.2 Å². The Morgan fingerprint density at radius 3 is 2.79 bits per heavy atom. The smallest absolute Gasteiger partial charge is 0.245 e. The van der Waals surface area contributed by atoms with Gasteiger partial charge in [0.2, 0.25) is 11.8 Å². The molecule has 34 heavy (non-hydrogen) atoms. The number of amides is 2. The average Bonchev–Trinajstić information content (AvgIpc) is 3.69. The van der Waals surface area contributed by atoms with E-state index in [2.05, 4.69) is 15.4 Å². The number of hydrogen-bond acceptors (Lipinski definition) is 5. The van der Waals surface area contributed by atoms with Gasteiger partial charge >= 0.3 is 0 Å². The van der Waals surface area contributed by atoms with Gasteiger partial charge in [-0.3, -0.25) is 14.4 Å². The van der Waals surface area contributed by atoms with E-state index >= 15 is 0 Å². The molecule has 0 radical (unpaired) electrons. The molecule has 9 heteroatoms. The number of halogens is 1. The Morgan fingerprint density at radius 2 is 2.00 bits per heavy atom. The summed E-state index contributed by atoms with van der Waals surface area (Å²) >= 11 is 6.11. The number of rotatable bonds is 6. The standard InChI is InChI=1S/C25H24ClN5O3/c1-13(32)23-17-6-3-7-27-24(17)30(29-23)12-22(33)31-20-9-15(20)10-21(31)25(34)28-19-11-18(19)14-4-2-5-16(26)8-14/h2-8,15,18-21H,9-12H2,1H3,(H,28,34)/t15-,18-,19+,20-,21+/m1/s1. The molecule has 3 aliphatic rings. The third-order valence-electron chi connectivity index (χ3n) is 7.22. The van der Waals surface area contributed by atoms with E-state index in [-0.39, 0.29) is 42.1 Å². The second-order valence-electron chi connectivity index (χ2n) is 9.56. The number of piperidine rings is 1. The Labute approximate surface area is 201 Å². The van der Waals surface area contributed by atoms with E-state index in [0.717, 1.165) is 18.4 Å². The van der Waals surface area contributed by atoms with Crippen LogP contribution >= 0.6 is 11.6 Å². The lowest BCUT2D eigenvalue weighted by atomic mass is 10.1. The summed E-state index contributed by atoms with van der Waals surface area (Å²) in [6.45, 7) is 1.40. The van der Waals surface area contributed by atoms with Crippen molar-refractivity contribution in [2.24, 2.45) is 5.92 Å². The Kier molecular flexibility index (Phi) is 4.95. The Hall–Kier alpha value is -3.26. The molecule has 1 N–H and O–H groups in total. The van der Waals surface area contributed by atoms with Crippen LogP contribution in [0.15, 0.2) is 42.6 Å². The second-order valence-corrected chi connectivity index (χ2v) is 10.0. The van der Waals surface area contributed by atoms with E-state index < -0.39 is 6.04 Å². The topological polar surface area (TPSA) is 97.2 Å². The molecular formula is C25H24ClN5O3. The minimum absolute atomic E-state index is 0.0532. The molecule has 8 nitrogen and oxygen atoms in total. The Bertz CT molecular complexity index is 1340. The molecule has 0 spiro atoms. The molecule has 0 unspecified atom stereocenters. The van der Waals surface area contributed by atoms with Crippen LogP contribution in [0.1, 0.15) is 48.2 Å². The first-order chi connectivity index (χ1) is 16.4. The first-order valence-corrected chi connectivity index (χ1v) is 12.0. The molecule has 3 heterocycles. The number of Topliss-reactive ketones (excluding diaryl/α,β-unsaturated/α-hetero) is 1. The van der Waals surface area contributed by atoms with E-state index in [9.17, 15) is 14.4 Å². The summed E-state index contributed by atoms with van der Waals surface area (Å²) < 4.78 is 1.48. The fraction of sp³-hybridized carbons (Fsp3) is 0.400. The molecule has 6 rings (SSSR count). The van der Waals surface area contributed by atoms with Crippen LogP contribution in [0.3, 0.4) is 0 Å². The highest BCUT2D eigenvalue weighted by Crippen LogP contribution is 2.48. The first kappa shape index (κ1) is 21.3. The minimum atomic E-state index is -0.473. The van der Waals surface area contributed by atoms with Gasteiger partial charge in [0.25, 0.3) is 0 Å². The molecule has 1 saturated heterocycles. The van der Waals surface area contributed by atoms with Gasteiger partial charge in [0, 0.05) is 36.1 Å². The molecule has 3 aromatic rings. The van der Waals surface area contributed by atoms with Crippen LogP contribution in [-0.4, -0.2) is 55.4 Å². The van der Waals surface area contributed by atoms with Crippen LogP contribution in [0, 0.1) is 5.92 Å². The van der Waals surface area contributed by atoms with Gasteiger partial charge in [0.15, 0.2) is 11.4 Å². The molecule has 174 valence electrons. The summed E-state index contributed by atoms with van der Waals surface area (Å²) in [5.74, 6) is 0.196. The summed E-state index contributed by atoms with van der Waals surface area (Å²) in [4.78, 5) is 44.6. The summed E-state index contributed by atoms with van der Waals surface area (Å²) in [7, 11) is 0. The van der Waals surface area contributed by atoms with Crippen molar-refractivity contribution in [2.45, 2.75) is 56.8 Å². The van der Waals surface area contributed by atoms with Crippen molar-refractivity contribution in [3.63, 3.8) is 0 Å². The van der Waals surface area contributed by atoms with Crippen LogP contribution in [0.5, 0.6) is 0 Å². The second kappa shape index (κ2) is 7.91. The van der Waals surface area contributed by atoms with E-state index in [1.807, 2.05) is 24.3 Å². The van der Waals surface area contributed by atoms with Gasteiger partial charge in [-0.15, -0.1) is 0 Å². The lowest BCUT2D eigenvalue weighted by molar-refractivity contribution is -0.140. The fourth-order valence-electron chi connectivity index (χ4n) is 5.38. The third kappa shape index (κ3) is 3.66. The summed E-state index contributed by atoms with van der Waals surface area (Å²) in [6.07, 6.45) is 4.11. The number of nitrogens with zero attached hydrogens (tertiary/aromatic N) is 4. The number of pyridine rings is 1. The largest absolute Gasteiger partial charge is 0.351 e. The van der Waals surface area contributed by atoms with E-state index in [4.69, 9.17) is 11.6 Å². The zero-order chi connectivity index (χ0) is 23.6. The highest BCUT2D eigenvalue weighted by Gasteiger charge is 2.56. The van der Waals surface area contributed by atoms with E-state index in [1.54, 1.807) is 23.2 Å². The molecule has 1 aliphatic heterocycles. The van der Waals surface area contributed by atoms with Crippen LogP contribution in [0.2, 0.25) is 5.02 Å². The van der Waals surface area contributed by atoms with Gasteiger partial charge in [-0.25, -0.2) is 9.67 Å². The molecule has 2 amide bonds. The summed E-state index contributed by atoms with van der Waals surface area (Å²) in [6, 6.07) is 11.0. The Morgan fingerprint density at radius 1 is 1.15 bits per heavy atom. The third-order valence-corrected chi connectivity index (χ3v) is 7.45. The molecule has 0 bridgehead atoms. The number of benzene rings is 1. The van der Waals surface area contributed by atoms with Gasteiger partial charge in [-0.05, 0) is 55.0 Å². The fourth-order valence-corrected chi connectivity index (χ4v) is 5.58. The van der Waals surface area contributed by atoms with Gasteiger partial charge in [-0.2, -0.15) is 5.10 Å². The van der Waals surface area contributed by atoms with Crippen molar-refractivity contribution in [2.75, 3.05) is 0 Å². The number of fused-ring (bicyclic) bond motifs is 2. The number of nitrogens with one attached hydrogen (secondary N) is 1. The highest BCUT2D eigenvalue weighted by molar-refractivity contribution is 6.30. The van der Waals surface area contributed by atoms with E-state index in [1.165, 1.54) is 11.6 Å². The maximum Gasteiger partial charge on any atom is 0.245 e. The SMILES string of the molecule is CC(=O)c1nn(CC(=O)N2[C@@H]3C[C@@H]3C[C@H]2C(=O)N[C@H]2C[C@@H]2c2cccc(Cl)c2)c2ncccc12. The number of carbonyl (C=O) groups excluding carboxylic acids is 3. The quantitative estimate of drug-likeness (QED) is 0.550. The zero-order valence-electron chi connectivity index (χ0n) is 18.6. The molecule has 2 aliphatic carbocycles. The van der Waals surface area contributed by atoms with Crippen molar-refractivity contribution in [3.05, 3.63) is 58.9 Å². The normalized spacial score (nSPS) is 26.9. The predicted molar refractivity (Wildman–Crippen MR) is 125 cm³/mol. The monoisotopic (exact) mass is 477 g/mol. The number of hydrogen-bond donors (Lipinski definition) is 1. The van der Waals surface area contributed by atoms with Gasteiger partial charge in [0.1, 0.15) is 18.3 Å². The maximum absolute atomic E-state index is 13.4. The molecule has 2 aromatic heterocycles. The molecule has 1 aromatic carbocycles. The van der Waals surface area contributed by atoms with Crippen molar-refractivity contribution in [3.8, 4) is 0 Å². The van der Waals surface area contributed by atoms with Crippen molar-refractivity contribution in [1.82, 2.24) is 25.0 Å². The van der Waals surface area contributed by atoms with Crippen molar-refractivity contribution >= 4 is 40.2 Å². The Balaban J connectivity index is 1.17. The number of likely N-dealkylation sites (tertiary alicyclic amines) is 1. The van der Waals surface area contributed by atoms with Crippen molar-refractivity contribution < 1.29 is 14.4 Å². The number of aromatic nitrogens is 3. The molecule has 3 fully saturated rings. The summed E-state index contributed by atoms with van der Waals surface area (Å²) in [5.41, 5.74) is 1.92. The lowest BCUT2D eigenvalue weighted by Crippen LogP contribution is -2.49. The lowest BCUT2D eigenvalue weighted by Gasteiger charge is -2.27. The molecule has 5 atom stereocenters. The van der Waals surface area contributed by atoms with E-state index in [0.29, 0.717) is 34.1 Å². The molecular weight excluding hydrogens is 454 g/mol. The van der Waals surface area contributed by atoms with Crippen LogP contribution in [-0.2, 0) is 16.1 Å². The van der Waals surface area contributed by atoms with Crippen LogP contribution in [0.4, 0.5) is 0 Å². The predicted octanol–water partition coefficient (Wildman–Crippen LogP) is 2.95. The average molecular weight is 478 g/mol. The number of ketones is 1. The summed E-state index contributed by atoms with van der Waals surface area (Å²) in [5, 5.41) is 8.83. The van der Waals surface area contributed by atoms with Gasteiger partial charge in [-0.1, -0.05) is 23.7 Å². The first-order valence-electron chi connectivity index (χ1n) is 11.6. The highest BCUT2D eigenvalue weighted by atomic mass is 35.5. The van der Waals surface area contributed by atoms with Crippen molar-refractivity contribution in [1.29, 1.82) is 0 Å². The van der Waals surface area contributed by atoms with Crippen LogP contribution in [0.25, 0.3) is 11.0 Å².